The Balaban J connectivity index is 1.34. The van der Waals surface area contributed by atoms with Gasteiger partial charge in [-0.1, -0.05) is 107 Å². The van der Waals surface area contributed by atoms with Crippen molar-refractivity contribution in [3.05, 3.63) is 126 Å². The monoisotopic (exact) mass is 675 g/mol. The van der Waals surface area contributed by atoms with E-state index in [9.17, 15) is 9.90 Å². The lowest BCUT2D eigenvalue weighted by molar-refractivity contribution is 0.104. The Kier molecular flexibility index (Phi) is 7.49. The fraction of sp³-hybridized carbons (Fsp3) is 0.186. The van der Waals surface area contributed by atoms with Gasteiger partial charge in [0, 0.05) is 33.5 Å². The van der Waals surface area contributed by atoms with Gasteiger partial charge in [-0.05, 0) is 65.3 Å². The molecule has 0 radical (unpaired) electrons. The first kappa shape index (κ1) is 31.7. The Hall–Kier alpha value is -5.53. The van der Waals surface area contributed by atoms with Crippen molar-refractivity contribution in [1.82, 2.24) is 9.97 Å². The van der Waals surface area contributed by atoms with E-state index in [2.05, 4.69) is 52.1 Å². The van der Waals surface area contributed by atoms with Crippen LogP contribution in [0.1, 0.15) is 62.5 Å². The number of benzene rings is 5. The lowest BCUT2D eigenvalue weighted by atomic mass is 9.72. The van der Waals surface area contributed by atoms with E-state index in [1.54, 1.807) is 12.1 Å². The Morgan fingerprint density at radius 1 is 0.780 bits per heavy atom. The van der Waals surface area contributed by atoms with Crippen LogP contribution in [-0.4, -0.2) is 20.9 Å². The number of phenolic OH excluding ortho intramolecular Hbond substituents is 1. The van der Waals surface area contributed by atoms with Crippen LogP contribution in [-0.2, 0) is 5.41 Å². The largest absolute Gasteiger partial charge is 0.507 e. The molecular weight excluding hydrogens is 639 g/mol. The molecule has 8 rings (SSSR count). The zero-order chi connectivity index (χ0) is 34.8. The number of anilines is 2. The molecule has 0 bridgehead atoms. The molecule has 50 heavy (non-hydrogen) atoms. The standard InChI is InChI=1S/C43H37N3O3S/c1-42(2,3)24-43(4,5)25-18-20-26(21-19-25)49-35-23-33(46-41-45-31-15-9-11-17-36(31)50-41)38-37-30(35)22-32(29-14-8-10-16-34(29)47)44-39(37)27-12-6-7-13-28(27)40(38)48/h6-23,47H,24H2,1-5H3,(H,45,46). The number of ketones is 1. The number of phenols is 1. The topological polar surface area (TPSA) is 84.3 Å². The number of rotatable bonds is 7. The SMILES string of the molecule is CC(C)(C)CC(C)(C)c1ccc(Oc2cc(Nc3nc4ccccc4s3)c3c4c(nc(-c5ccccc5O)cc24)-c2ccccc2C3=O)cc1. The van der Waals surface area contributed by atoms with E-state index in [-0.39, 0.29) is 22.4 Å². The van der Waals surface area contributed by atoms with Crippen LogP contribution in [0.3, 0.4) is 0 Å². The number of aromatic nitrogens is 2. The molecule has 0 atom stereocenters. The average molecular weight is 676 g/mol. The third-order valence-corrected chi connectivity index (χ3v) is 10.2. The molecular formula is C43H37N3O3S. The molecule has 2 N–H and O–H groups in total. The number of hydrogen-bond acceptors (Lipinski definition) is 7. The molecule has 0 saturated carbocycles. The maximum absolute atomic E-state index is 14.4. The van der Waals surface area contributed by atoms with E-state index in [1.807, 2.05) is 84.9 Å². The van der Waals surface area contributed by atoms with Gasteiger partial charge in [-0.15, -0.1) is 0 Å². The number of para-hydroxylation sites is 2. The van der Waals surface area contributed by atoms with Gasteiger partial charge in [-0.2, -0.15) is 0 Å². The number of ether oxygens (including phenoxy) is 1. The highest BCUT2D eigenvalue weighted by Gasteiger charge is 2.32. The van der Waals surface area contributed by atoms with Crippen LogP contribution in [0.25, 0.3) is 43.5 Å². The summed E-state index contributed by atoms with van der Waals surface area (Å²) in [7, 11) is 0. The van der Waals surface area contributed by atoms with Crippen LogP contribution in [0.15, 0.2) is 109 Å². The van der Waals surface area contributed by atoms with Crippen LogP contribution in [0.4, 0.5) is 10.8 Å². The fourth-order valence-electron chi connectivity index (χ4n) is 7.44. The number of nitrogens with zero attached hydrogens (tertiary/aromatic N) is 2. The van der Waals surface area contributed by atoms with Crippen LogP contribution in [0, 0.1) is 5.41 Å². The van der Waals surface area contributed by atoms with Crippen LogP contribution >= 0.6 is 11.3 Å². The van der Waals surface area contributed by atoms with Gasteiger partial charge >= 0.3 is 0 Å². The minimum Gasteiger partial charge on any atom is -0.507 e. The number of nitrogens with one attached hydrogen (secondary N) is 1. The number of aromatic hydroxyl groups is 1. The molecule has 0 aliphatic heterocycles. The fourth-order valence-corrected chi connectivity index (χ4v) is 8.32. The normalized spacial score (nSPS) is 12.7. The number of carbonyl (C=O) groups is 1. The van der Waals surface area contributed by atoms with Gasteiger partial charge in [0.1, 0.15) is 17.2 Å². The van der Waals surface area contributed by atoms with E-state index in [0.717, 1.165) is 27.6 Å². The Morgan fingerprint density at radius 2 is 1.46 bits per heavy atom. The molecule has 0 fully saturated rings. The molecule has 0 amide bonds. The van der Waals surface area contributed by atoms with Crippen LogP contribution < -0.4 is 10.1 Å². The molecule has 7 aromatic rings. The van der Waals surface area contributed by atoms with Crippen molar-refractivity contribution in [2.24, 2.45) is 5.41 Å². The van der Waals surface area contributed by atoms with Crippen molar-refractivity contribution in [3.63, 3.8) is 0 Å². The highest BCUT2D eigenvalue weighted by molar-refractivity contribution is 7.22. The number of carbonyl (C=O) groups excluding carboxylic acids is 1. The predicted molar refractivity (Wildman–Crippen MR) is 204 cm³/mol. The lowest BCUT2D eigenvalue weighted by Gasteiger charge is -2.33. The molecule has 1 aliphatic rings. The van der Waals surface area contributed by atoms with E-state index < -0.39 is 0 Å². The first-order chi connectivity index (χ1) is 23.9. The van der Waals surface area contributed by atoms with Crippen LogP contribution in [0.5, 0.6) is 17.2 Å². The van der Waals surface area contributed by atoms with Crippen molar-refractivity contribution in [3.8, 4) is 39.8 Å². The minimum absolute atomic E-state index is 0.0165. The number of hydrogen-bond donors (Lipinski definition) is 2. The summed E-state index contributed by atoms with van der Waals surface area (Å²) in [5.74, 6) is 1.25. The number of fused-ring (bicyclic) bond motifs is 3. The van der Waals surface area contributed by atoms with E-state index in [4.69, 9.17) is 14.7 Å². The summed E-state index contributed by atoms with van der Waals surface area (Å²) in [6, 6.07) is 34.8. The molecule has 5 aromatic carbocycles. The van der Waals surface area contributed by atoms with Gasteiger partial charge in [-0.25, -0.2) is 9.97 Å². The molecule has 248 valence electrons. The van der Waals surface area contributed by atoms with E-state index in [1.165, 1.54) is 16.9 Å². The number of thiazole rings is 1. The third kappa shape index (κ3) is 5.67. The van der Waals surface area contributed by atoms with Gasteiger partial charge in [0.15, 0.2) is 10.9 Å². The van der Waals surface area contributed by atoms with Crippen molar-refractivity contribution in [1.29, 1.82) is 0 Å². The quantitative estimate of drug-likeness (QED) is 0.175. The van der Waals surface area contributed by atoms with Crippen molar-refractivity contribution < 1.29 is 14.6 Å². The first-order valence-corrected chi connectivity index (χ1v) is 17.6. The van der Waals surface area contributed by atoms with Gasteiger partial charge in [0.05, 0.1) is 32.9 Å². The van der Waals surface area contributed by atoms with Gasteiger partial charge in [0.25, 0.3) is 0 Å². The van der Waals surface area contributed by atoms with E-state index >= 15 is 0 Å². The summed E-state index contributed by atoms with van der Waals surface area (Å²) >= 11 is 1.53. The van der Waals surface area contributed by atoms with Crippen LogP contribution in [0.2, 0.25) is 0 Å². The van der Waals surface area contributed by atoms with Gasteiger partial charge < -0.3 is 15.2 Å². The highest BCUT2D eigenvalue weighted by Crippen LogP contribution is 2.48. The zero-order valence-corrected chi connectivity index (χ0v) is 29.5. The number of pyridine rings is 1. The van der Waals surface area contributed by atoms with Crippen molar-refractivity contribution in [2.75, 3.05) is 5.32 Å². The third-order valence-electron chi connectivity index (χ3n) is 9.28. The molecule has 0 saturated heterocycles. The lowest BCUT2D eigenvalue weighted by Crippen LogP contribution is -2.24. The van der Waals surface area contributed by atoms with Gasteiger partial charge in [0.2, 0.25) is 0 Å². The summed E-state index contributed by atoms with van der Waals surface area (Å²) in [4.78, 5) is 24.4. The Bertz CT molecular complexity index is 2420. The molecule has 2 aromatic heterocycles. The minimum atomic E-state index is -0.101. The van der Waals surface area contributed by atoms with Crippen molar-refractivity contribution in [2.45, 2.75) is 46.5 Å². The summed E-state index contributed by atoms with van der Waals surface area (Å²) in [5, 5.41) is 16.5. The van der Waals surface area contributed by atoms with Crippen molar-refractivity contribution >= 4 is 48.9 Å². The Labute approximate surface area is 295 Å². The van der Waals surface area contributed by atoms with E-state index in [0.29, 0.717) is 55.8 Å². The summed E-state index contributed by atoms with van der Waals surface area (Å²) < 4.78 is 7.81. The molecule has 7 heteroatoms. The highest BCUT2D eigenvalue weighted by atomic mass is 32.1. The molecule has 1 aliphatic carbocycles. The average Bonchev–Trinajstić information content (AvgIpc) is 3.49. The second kappa shape index (κ2) is 11.8. The summed E-state index contributed by atoms with van der Waals surface area (Å²) in [6.45, 7) is 11.4. The molecule has 2 heterocycles. The molecule has 6 nitrogen and oxygen atoms in total. The second-order valence-corrected chi connectivity index (χ2v) is 15.9. The molecule has 0 spiro atoms. The smallest absolute Gasteiger partial charge is 0.196 e. The summed E-state index contributed by atoms with van der Waals surface area (Å²) in [6.07, 6.45) is 1.04. The maximum atomic E-state index is 14.4. The molecule has 0 unspecified atom stereocenters. The Morgan fingerprint density at radius 3 is 2.18 bits per heavy atom. The first-order valence-electron chi connectivity index (χ1n) is 16.8. The predicted octanol–water partition coefficient (Wildman–Crippen LogP) is 11.7. The van der Waals surface area contributed by atoms with Gasteiger partial charge in [-0.3, -0.25) is 4.79 Å². The maximum Gasteiger partial charge on any atom is 0.196 e. The zero-order valence-electron chi connectivity index (χ0n) is 28.7. The summed E-state index contributed by atoms with van der Waals surface area (Å²) in [5.41, 5.74) is 6.52. The second-order valence-electron chi connectivity index (χ2n) is 14.8.